The lowest BCUT2D eigenvalue weighted by Crippen LogP contribution is -2.50. The number of nitrogens with zero attached hydrogens (tertiary/aromatic N) is 1. The van der Waals surface area contributed by atoms with Crippen LogP contribution in [0.3, 0.4) is 0 Å². The summed E-state index contributed by atoms with van der Waals surface area (Å²) in [6.45, 7) is 0.0837. The number of ether oxygens (including phenoxy) is 1. The summed E-state index contributed by atoms with van der Waals surface area (Å²) in [6, 6.07) is 8.66. The molecule has 1 aromatic carbocycles. The highest BCUT2D eigenvalue weighted by molar-refractivity contribution is 6.00. The minimum absolute atomic E-state index is 0.0837. The predicted molar refractivity (Wildman–Crippen MR) is 91.5 cm³/mol. The smallest absolute Gasteiger partial charge is 0.417 e. The summed E-state index contributed by atoms with van der Waals surface area (Å²) in [6.07, 6.45) is 5.16. The van der Waals surface area contributed by atoms with Gasteiger partial charge in [0.1, 0.15) is 12.6 Å². The van der Waals surface area contributed by atoms with E-state index in [0.717, 1.165) is 36.1 Å². The third-order valence-corrected chi connectivity index (χ3v) is 4.87. The highest BCUT2D eigenvalue weighted by atomic mass is 16.6. The molecule has 6 nitrogen and oxygen atoms in total. The molecule has 1 aliphatic heterocycles. The molecule has 1 aliphatic carbocycles. The number of hydrogen-bond donors (Lipinski definition) is 1. The van der Waals surface area contributed by atoms with Gasteiger partial charge in [0.25, 0.3) is 0 Å². The molecule has 0 aromatic heterocycles. The van der Waals surface area contributed by atoms with Gasteiger partial charge in [0.05, 0.1) is 0 Å². The van der Waals surface area contributed by atoms with Crippen LogP contribution >= 0.6 is 0 Å². The van der Waals surface area contributed by atoms with Gasteiger partial charge in [0.15, 0.2) is 0 Å². The average Bonchev–Trinajstić information content (AvgIpc) is 3.03. The Morgan fingerprint density at radius 1 is 1.08 bits per heavy atom. The number of hydrogen-bond acceptors (Lipinski definition) is 4. The van der Waals surface area contributed by atoms with E-state index >= 15 is 0 Å². The molecule has 1 atom stereocenters. The monoisotopic (exact) mass is 344 g/mol. The first-order chi connectivity index (χ1) is 12.1. The number of carbonyl (C=O) groups is 3. The van der Waals surface area contributed by atoms with E-state index in [-0.39, 0.29) is 30.9 Å². The van der Waals surface area contributed by atoms with Crippen molar-refractivity contribution < 1.29 is 19.1 Å². The maximum Gasteiger partial charge on any atom is 0.417 e. The zero-order valence-electron chi connectivity index (χ0n) is 14.3. The quantitative estimate of drug-likeness (QED) is 0.911. The summed E-state index contributed by atoms with van der Waals surface area (Å²) in [5, 5.41) is 3.00. The Morgan fingerprint density at radius 2 is 1.80 bits per heavy atom. The molecule has 3 amide bonds. The van der Waals surface area contributed by atoms with Gasteiger partial charge in [-0.25, -0.2) is 9.69 Å². The van der Waals surface area contributed by atoms with E-state index in [1.807, 2.05) is 30.3 Å². The third kappa shape index (κ3) is 4.38. The maximum atomic E-state index is 12.5. The van der Waals surface area contributed by atoms with Crippen molar-refractivity contribution in [3.05, 3.63) is 35.9 Å². The second kappa shape index (κ2) is 8.14. The molecular weight excluding hydrogens is 320 g/mol. The summed E-state index contributed by atoms with van der Waals surface area (Å²) < 4.78 is 5.24. The number of rotatable bonds is 4. The van der Waals surface area contributed by atoms with Crippen molar-refractivity contribution in [1.82, 2.24) is 10.2 Å². The summed E-state index contributed by atoms with van der Waals surface area (Å²) in [5.74, 6) is -0.587. The van der Waals surface area contributed by atoms with Crippen molar-refractivity contribution in [3.8, 4) is 0 Å². The van der Waals surface area contributed by atoms with E-state index in [1.165, 1.54) is 6.42 Å². The van der Waals surface area contributed by atoms with Crippen LogP contribution in [0.4, 0.5) is 4.79 Å². The predicted octanol–water partition coefficient (Wildman–Crippen LogP) is 2.76. The normalized spacial score (nSPS) is 21.2. The molecule has 2 aliphatic rings. The number of benzene rings is 1. The topological polar surface area (TPSA) is 75.7 Å². The molecule has 0 bridgehead atoms. The van der Waals surface area contributed by atoms with Gasteiger partial charge in [0.2, 0.25) is 11.8 Å². The van der Waals surface area contributed by atoms with Crippen LogP contribution in [0, 0.1) is 0 Å². The fraction of sp³-hybridized carbons (Fsp3) is 0.526. The highest BCUT2D eigenvalue weighted by Crippen LogP contribution is 2.22. The molecule has 1 heterocycles. The Balaban J connectivity index is 1.58. The van der Waals surface area contributed by atoms with Crippen LogP contribution in [0.15, 0.2) is 30.3 Å². The number of carbonyl (C=O) groups excluding carboxylic acids is 3. The summed E-state index contributed by atoms with van der Waals surface area (Å²) >= 11 is 0. The van der Waals surface area contributed by atoms with Crippen molar-refractivity contribution in [3.63, 3.8) is 0 Å². The molecule has 1 saturated heterocycles. The van der Waals surface area contributed by atoms with Gasteiger partial charge in [-0.2, -0.15) is 0 Å². The zero-order chi connectivity index (χ0) is 17.6. The second-order valence-corrected chi connectivity index (χ2v) is 6.70. The maximum absolute atomic E-state index is 12.5. The second-order valence-electron chi connectivity index (χ2n) is 6.70. The average molecular weight is 344 g/mol. The van der Waals surface area contributed by atoms with Crippen LogP contribution in [0.1, 0.15) is 50.5 Å². The van der Waals surface area contributed by atoms with Gasteiger partial charge in [-0.15, -0.1) is 0 Å². The Hall–Kier alpha value is -2.37. The molecule has 1 N–H and O–H groups in total. The van der Waals surface area contributed by atoms with Crippen molar-refractivity contribution in [2.24, 2.45) is 0 Å². The molecule has 0 spiro atoms. The van der Waals surface area contributed by atoms with E-state index in [9.17, 15) is 14.4 Å². The first-order valence-corrected chi connectivity index (χ1v) is 8.98. The standard InChI is InChI=1S/C19H24N2O4/c22-17-12-11-16(18(23)20-15-9-5-2-6-10-15)21(17)19(24)25-13-14-7-3-1-4-8-14/h1,3-4,7-8,15-16H,2,5-6,9-13H2,(H,20,23)/t16-/m1/s1. The molecule has 2 fully saturated rings. The molecule has 1 aromatic rings. The SMILES string of the molecule is O=C(NC1CCCCC1)[C@H]1CCC(=O)N1C(=O)OCc1ccccc1. The molecule has 0 radical (unpaired) electrons. The van der Waals surface area contributed by atoms with Crippen molar-refractivity contribution in [2.75, 3.05) is 0 Å². The van der Waals surface area contributed by atoms with Gasteiger partial charge in [-0.1, -0.05) is 49.6 Å². The van der Waals surface area contributed by atoms with E-state index in [0.29, 0.717) is 6.42 Å². The summed E-state index contributed by atoms with van der Waals surface area (Å²) in [5.41, 5.74) is 0.839. The summed E-state index contributed by atoms with van der Waals surface area (Å²) in [4.78, 5) is 37.9. The Kier molecular flexibility index (Phi) is 5.68. The van der Waals surface area contributed by atoms with Crippen LogP contribution in [0.25, 0.3) is 0 Å². The fourth-order valence-electron chi connectivity index (χ4n) is 3.49. The molecule has 0 unspecified atom stereocenters. The van der Waals surface area contributed by atoms with E-state index < -0.39 is 12.1 Å². The highest BCUT2D eigenvalue weighted by Gasteiger charge is 2.41. The van der Waals surface area contributed by atoms with E-state index in [1.54, 1.807) is 0 Å². The molecule has 25 heavy (non-hydrogen) atoms. The fourth-order valence-corrected chi connectivity index (χ4v) is 3.49. The minimum Gasteiger partial charge on any atom is -0.444 e. The molecule has 134 valence electrons. The van der Waals surface area contributed by atoms with Crippen LogP contribution in [-0.2, 0) is 20.9 Å². The van der Waals surface area contributed by atoms with Crippen LogP contribution in [-0.4, -0.2) is 34.9 Å². The van der Waals surface area contributed by atoms with Crippen LogP contribution in [0.5, 0.6) is 0 Å². The number of nitrogens with one attached hydrogen (secondary N) is 1. The molecule has 1 saturated carbocycles. The number of likely N-dealkylation sites (tertiary alicyclic amines) is 1. The lowest BCUT2D eigenvalue weighted by atomic mass is 9.95. The van der Waals surface area contributed by atoms with Gasteiger partial charge in [-0.3, -0.25) is 9.59 Å². The molecule has 3 rings (SSSR count). The van der Waals surface area contributed by atoms with Crippen molar-refractivity contribution >= 4 is 17.9 Å². The number of amides is 3. The lowest BCUT2D eigenvalue weighted by molar-refractivity contribution is -0.134. The third-order valence-electron chi connectivity index (χ3n) is 4.87. The minimum atomic E-state index is -0.752. The van der Waals surface area contributed by atoms with Gasteiger partial charge < -0.3 is 10.1 Å². The largest absolute Gasteiger partial charge is 0.444 e. The van der Waals surface area contributed by atoms with Crippen molar-refractivity contribution in [1.29, 1.82) is 0 Å². The van der Waals surface area contributed by atoms with Gasteiger partial charge in [0, 0.05) is 12.5 Å². The van der Waals surface area contributed by atoms with Crippen LogP contribution in [0.2, 0.25) is 0 Å². The Morgan fingerprint density at radius 3 is 2.52 bits per heavy atom. The van der Waals surface area contributed by atoms with Crippen LogP contribution < -0.4 is 5.32 Å². The first-order valence-electron chi connectivity index (χ1n) is 8.98. The number of imide groups is 1. The van der Waals surface area contributed by atoms with E-state index in [2.05, 4.69) is 5.32 Å². The Bertz CT molecular complexity index is 626. The summed E-state index contributed by atoms with van der Waals surface area (Å²) in [7, 11) is 0. The van der Waals surface area contributed by atoms with E-state index in [4.69, 9.17) is 4.74 Å². The lowest BCUT2D eigenvalue weighted by Gasteiger charge is -2.27. The Labute approximate surface area is 147 Å². The zero-order valence-corrected chi connectivity index (χ0v) is 14.3. The van der Waals surface area contributed by atoms with Gasteiger partial charge >= 0.3 is 6.09 Å². The van der Waals surface area contributed by atoms with Crippen molar-refractivity contribution in [2.45, 2.75) is 63.6 Å². The van der Waals surface area contributed by atoms with Gasteiger partial charge in [-0.05, 0) is 24.8 Å². The molecular formula is C19H24N2O4. The first kappa shape index (κ1) is 17.5. The molecule has 6 heteroatoms.